The van der Waals surface area contributed by atoms with Crippen LogP contribution in [0.4, 0.5) is 0 Å². The van der Waals surface area contributed by atoms with Crippen LogP contribution in [-0.4, -0.2) is 64.4 Å². The Morgan fingerprint density at radius 1 is 0.970 bits per heavy atom. The summed E-state index contributed by atoms with van der Waals surface area (Å²) in [5.74, 6) is 0.508. The second kappa shape index (κ2) is 9.88. The van der Waals surface area contributed by atoms with Gasteiger partial charge in [0.2, 0.25) is 11.8 Å². The zero-order valence-corrected chi connectivity index (χ0v) is 20.0. The molecule has 6 nitrogen and oxygen atoms in total. The molecule has 3 aliphatic rings. The number of carbonyl (C=O) groups is 2. The molecule has 6 heteroatoms. The molecule has 0 spiro atoms. The first-order chi connectivity index (χ1) is 16.2. The Labute approximate surface area is 197 Å². The lowest BCUT2D eigenvalue weighted by molar-refractivity contribution is -0.147. The molecule has 1 aromatic carbocycles. The van der Waals surface area contributed by atoms with Gasteiger partial charge in [0, 0.05) is 42.8 Å². The Balaban J connectivity index is 1.25. The largest absolute Gasteiger partial charge is 0.345 e. The van der Waals surface area contributed by atoms with Gasteiger partial charge in [-0.3, -0.25) is 9.59 Å². The Hall–Kier alpha value is -2.34. The maximum absolute atomic E-state index is 13.6. The molecule has 3 aliphatic heterocycles. The Morgan fingerprint density at radius 3 is 2.55 bits per heavy atom. The minimum Gasteiger partial charge on any atom is -0.345 e. The third-order valence-electron chi connectivity index (χ3n) is 8.12. The van der Waals surface area contributed by atoms with Crippen molar-refractivity contribution in [2.24, 2.45) is 5.92 Å². The highest BCUT2D eigenvalue weighted by atomic mass is 16.2. The van der Waals surface area contributed by atoms with Crippen molar-refractivity contribution in [3.8, 4) is 0 Å². The predicted molar refractivity (Wildman–Crippen MR) is 131 cm³/mol. The summed E-state index contributed by atoms with van der Waals surface area (Å²) in [5.41, 5.74) is 2.66. The van der Waals surface area contributed by atoms with Crippen LogP contribution in [0.5, 0.6) is 0 Å². The highest BCUT2D eigenvalue weighted by Crippen LogP contribution is 2.30. The van der Waals surface area contributed by atoms with Crippen molar-refractivity contribution in [3.63, 3.8) is 0 Å². The van der Waals surface area contributed by atoms with Crippen LogP contribution in [0.1, 0.15) is 57.6 Å². The first-order valence-electron chi connectivity index (χ1n) is 13.1. The summed E-state index contributed by atoms with van der Waals surface area (Å²) in [6.45, 7) is 6.57. The van der Waals surface area contributed by atoms with E-state index in [1.807, 2.05) is 4.90 Å². The lowest BCUT2D eigenvalue weighted by atomic mass is 9.96. The molecule has 2 atom stereocenters. The number of rotatable bonds is 6. The van der Waals surface area contributed by atoms with Gasteiger partial charge in [-0.1, -0.05) is 18.2 Å². The van der Waals surface area contributed by atoms with E-state index >= 15 is 0 Å². The fourth-order valence-electron chi connectivity index (χ4n) is 6.37. The van der Waals surface area contributed by atoms with Gasteiger partial charge in [-0.2, -0.15) is 0 Å². The number of hydrogen-bond donors (Lipinski definition) is 1. The molecule has 0 aliphatic carbocycles. The van der Waals surface area contributed by atoms with Crippen molar-refractivity contribution in [2.45, 2.75) is 76.9 Å². The quantitative estimate of drug-likeness (QED) is 0.732. The summed E-state index contributed by atoms with van der Waals surface area (Å²) in [6, 6.07) is 10.9. The second-order valence-electron chi connectivity index (χ2n) is 10.0. The average Bonchev–Trinajstić information content (AvgIpc) is 3.60. The normalized spacial score (nSPS) is 24.2. The minimum absolute atomic E-state index is 0.0880. The summed E-state index contributed by atoms with van der Waals surface area (Å²) in [7, 11) is 0. The van der Waals surface area contributed by atoms with E-state index in [9.17, 15) is 9.59 Å². The second-order valence-corrected chi connectivity index (χ2v) is 10.0. The number of aromatic nitrogens is 1. The molecule has 0 unspecified atom stereocenters. The highest BCUT2D eigenvalue weighted by Gasteiger charge is 2.41. The van der Waals surface area contributed by atoms with Crippen LogP contribution in [-0.2, 0) is 22.6 Å². The first kappa shape index (κ1) is 22.5. The topological polar surface area (TPSA) is 57.6 Å². The van der Waals surface area contributed by atoms with Gasteiger partial charge in [-0.05, 0) is 88.9 Å². The minimum atomic E-state index is -0.241. The number of aryl methyl sites for hydroxylation is 2. The maximum atomic E-state index is 13.6. The zero-order chi connectivity index (χ0) is 22.8. The third kappa shape index (κ3) is 4.42. The molecular weight excluding hydrogens is 412 g/mol. The molecule has 5 rings (SSSR count). The number of hydrogen-bond acceptors (Lipinski definition) is 3. The van der Waals surface area contributed by atoms with Crippen LogP contribution >= 0.6 is 0 Å². The van der Waals surface area contributed by atoms with E-state index in [-0.39, 0.29) is 29.8 Å². The van der Waals surface area contributed by atoms with Crippen molar-refractivity contribution in [1.29, 1.82) is 0 Å². The van der Waals surface area contributed by atoms with Crippen molar-refractivity contribution >= 4 is 22.7 Å². The number of likely N-dealkylation sites (tertiary alicyclic amines) is 2. The third-order valence-corrected chi connectivity index (χ3v) is 8.12. The van der Waals surface area contributed by atoms with E-state index in [1.54, 1.807) is 0 Å². The molecular formula is C27H38N4O2. The molecule has 0 radical (unpaired) electrons. The lowest BCUT2D eigenvalue weighted by Crippen LogP contribution is -2.51. The van der Waals surface area contributed by atoms with Crippen molar-refractivity contribution in [2.75, 3.05) is 26.2 Å². The molecule has 2 aromatic rings. The van der Waals surface area contributed by atoms with Gasteiger partial charge in [0.15, 0.2) is 0 Å². The van der Waals surface area contributed by atoms with Crippen LogP contribution in [0, 0.1) is 5.92 Å². The van der Waals surface area contributed by atoms with Gasteiger partial charge >= 0.3 is 0 Å². The number of carbonyl (C=O) groups excluding carboxylic acids is 2. The van der Waals surface area contributed by atoms with Crippen LogP contribution in [0.25, 0.3) is 10.9 Å². The number of fused-ring (bicyclic) bond motifs is 1. The number of piperidine rings is 1. The Bertz CT molecular complexity index is 993. The van der Waals surface area contributed by atoms with Crippen molar-refractivity contribution < 1.29 is 9.59 Å². The van der Waals surface area contributed by atoms with E-state index in [4.69, 9.17) is 0 Å². The highest BCUT2D eigenvalue weighted by molar-refractivity contribution is 5.89. The van der Waals surface area contributed by atoms with Gasteiger partial charge in [0.05, 0.1) is 0 Å². The Morgan fingerprint density at radius 2 is 1.73 bits per heavy atom. The van der Waals surface area contributed by atoms with Gasteiger partial charge in [-0.25, -0.2) is 0 Å². The maximum Gasteiger partial charge on any atom is 0.245 e. The summed E-state index contributed by atoms with van der Waals surface area (Å²) in [4.78, 5) is 30.9. The van der Waals surface area contributed by atoms with E-state index < -0.39 is 0 Å². The molecule has 4 heterocycles. The van der Waals surface area contributed by atoms with Gasteiger partial charge in [0.25, 0.3) is 0 Å². The smallest absolute Gasteiger partial charge is 0.245 e. The molecule has 178 valence electrons. The lowest BCUT2D eigenvalue weighted by Gasteiger charge is -2.34. The summed E-state index contributed by atoms with van der Waals surface area (Å²) in [6.07, 6.45) is 7.69. The van der Waals surface area contributed by atoms with Crippen molar-refractivity contribution in [1.82, 2.24) is 19.7 Å². The van der Waals surface area contributed by atoms with Gasteiger partial charge in [0.1, 0.15) is 6.04 Å². The summed E-state index contributed by atoms with van der Waals surface area (Å²) < 4.78 is 2.41. The molecule has 1 N–H and O–H groups in total. The molecule has 2 amide bonds. The SMILES string of the molecule is CCn1c(CC[C@@H]2CCCN2C(=O)[C@H]2CCCN2C(=O)C2CCNCC2)cc2ccccc21. The summed E-state index contributed by atoms with van der Waals surface area (Å²) >= 11 is 0. The molecule has 0 saturated carbocycles. The summed E-state index contributed by atoms with van der Waals surface area (Å²) in [5, 5.41) is 4.64. The molecule has 0 bridgehead atoms. The van der Waals surface area contributed by atoms with E-state index in [2.05, 4.69) is 52.0 Å². The number of amides is 2. The number of nitrogens with zero attached hydrogens (tertiary/aromatic N) is 3. The number of para-hydroxylation sites is 1. The average molecular weight is 451 g/mol. The fraction of sp³-hybridized carbons (Fsp3) is 0.630. The standard InChI is InChI=1S/C27H38N4O2/c1-2-29-23(19-21-7-3-4-9-24(21)29)12-11-22-8-5-17-30(22)27(33)25-10-6-18-31(25)26(32)20-13-15-28-16-14-20/h3-4,7,9,19-20,22,25,28H,2,5-6,8,10-18H2,1H3/t22-,25+/m0/s1. The molecule has 3 saturated heterocycles. The van der Waals surface area contributed by atoms with Crippen molar-refractivity contribution in [3.05, 3.63) is 36.0 Å². The number of benzene rings is 1. The zero-order valence-electron chi connectivity index (χ0n) is 20.0. The van der Waals surface area contributed by atoms with Gasteiger partial charge in [-0.15, -0.1) is 0 Å². The first-order valence-corrected chi connectivity index (χ1v) is 13.1. The van der Waals surface area contributed by atoms with Crippen LogP contribution in [0.3, 0.4) is 0 Å². The predicted octanol–water partition coefficient (Wildman–Crippen LogP) is 3.58. The van der Waals surface area contributed by atoms with Crippen LogP contribution in [0.15, 0.2) is 30.3 Å². The van der Waals surface area contributed by atoms with Gasteiger partial charge < -0.3 is 19.7 Å². The number of nitrogens with one attached hydrogen (secondary N) is 1. The molecule has 33 heavy (non-hydrogen) atoms. The van der Waals surface area contributed by atoms with Crippen LogP contribution < -0.4 is 5.32 Å². The van der Waals surface area contributed by atoms with E-state index in [1.165, 1.54) is 16.6 Å². The molecule has 1 aromatic heterocycles. The van der Waals surface area contributed by atoms with E-state index in [0.717, 1.165) is 84.1 Å². The monoisotopic (exact) mass is 450 g/mol. The molecule has 3 fully saturated rings. The Kier molecular flexibility index (Phi) is 6.72. The van der Waals surface area contributed by atoms with E-state index in [0.29, 0.717) is 0 Å². The van der Waals surface area contributed by atoms with Crippen LogP contribution in [0.2, 0.25) is 0 Å². The fourth-order valence-corrected chi connectivity index (χ4v) is 6.37.